The maximum Gasteiger partial charge on any atom is 0.0726 e. The van der Waals surface area contributed by atoms with Gasteiger partial charge in [-0.05, 0) is 86.4 Å². The maximum atomic E-state index is 10.5. The summed E-state index contributed by atoms with van der Waals surface area (Å²) >= 11 is 0. The second kappa shape index (κ2) is 4.83. The largest absolute Gasteiger partial charge is 0.393 e. The van der Waals surface area contributed by atoms with Crippen molar-refractivity contribution in [3.8, 4) is 0 Å². The summed E-state index contributed by atoms with van der Waals surface area (Å²) in [6, 6.07) is 0. The third kappa shape index (κ3) is 1.80. The number of rotatable bonds is 0. The first kappa shape index (κ1) is 15.2. The molecular formula is C20H32O2. The van der Waals surface area contributed by atoms with Crippen LogP contribution < -0.4 is 0 Å². The van der Waals surface area contributed by atoms with Crippen LogP contribution in [0.25, 0.3) is 0 Å². The fraction of sp³-hybridized carbons (Fsp3) is 0.900. The van der Waals surface area contributed by atoms with Crippen molar-refractivity contribution in [3.63, 3.8) is 0 Å². The lowest BCUT2D eigenvalue weighted by Gasteiger charge is -2.60. The van der Waals surface area contributed by atoms with Gasteiger partial charge >= 0.3 is 0 Å². The lowest BCUT2D eigenvalue weighted by Crippen LogP contribution is -2.54. The Balaban J connectivity index is 1.70. The molecule has 0 aromatic heterocycles. The topological polar surface area (TPSA) is 40.5 Å². The Labute approximate surface area is 135 Å². The zero-order valence-electron chi connectivity index (χ0n) is 14.4. The average Bonchev–Trinajstić information content (AvgIpc) is 2.77. The Hall–Kier alpha value is -0.340. The van der Waals surface area contributed by atoms with Crippen molar-refractivity contribution in [2.24, 2.45) is 34.5 Å². The second-order valence-electron chi connectivity index (χ2n) is 9.22. The Morgan fingerprint density at radius 3 is 2.55 bits per heavy atom. The molecule has 0 radical (unpaired) electrons. The molecule has 0 spiro atoms. The van der Waals surface area contributed by atoms with Crippen LogP contribution in [0, 0.1) is 34.5 Å². The van der Waals surface area contributed by atoms with Gasteiger partial charge < -0.3 is 10.2 Å². The first-order chi connectivity index (χ1) is 10.4. The molecule has 3 saturated carbocycles. The molecule has 8 atom stereocenters. The first-order valence-electron chi connectivity index (χ1n) is 9.42. The van der Waals surface area contributed by atoms with Crippen molar-refractivity contribution in [1.29, 1.82) is 0 Å². The molecule has 0 saturated heterocycles. The van der Waals surface area contributed by atoms with Crippen molar-refractivity contribution < 1.29 is 10.2 Å². The number of aliphatic hydroxyl groups excluding tert-OH is 2. The van der Waals surface area contributed by atoms with Gasteiger partial charge in [0.25, 0.3) is 0 Å². The summed E-state index contributed by atoms with van der Waals surface area (Å²) in [5.74, 6) is 2.93. The van der Waals surface area contributed by atoms with Crippen LogP contribution in [0.5, 0.6) is 0 Å². The molecule has 2 heteroatoms. The summed E-state index contributed by atoms with van der Waals surface area (Å²) in [6.45, 7) is 7.10. The van der Waals surface area contributed by atoms with Crippen LogP contribution in [-0.4, -0.2) is 22.4 Å². The number of allylic oxidation sites excluding steroid dienone is 1. The molecule has 124 valence electrons. The molecule has 0 unspecified atom stereocenters. The number of fused-ring (bicyclic) bond motifs is 5. The van der Waals surface area contributed by atoms with Crippen LogP contribution in [0.3, 0.4) is 0 Å². The number of hydrogen-bond acceptors (Lipinski definition) is 2. The lowest BCUT2D eigenvalue weighted by molar-refractivity contribution is -0.104. The van der Waals surface area contributed by atoms with E-state index in [1.165, 1.54) is 37.7 Å². The fourth-order valence-corrected chi connectivity index (χ4v) is 7.21. The van der Waals surface area contributed by atoms with E-state index >= 15 is 0 Å². The van der Waals surface area contributed by atoms with E-state index < -0.39 is 0 Å². The molecular weight excluding hydrogens is 272 g/mol. The van der Waals surface area contributed by atoms with Gasteiger partial charge in [-0.3, -0.25) is 0 Å². The number of hydrogen-bond donors (Lipinski definition) is 2. The summed E-state index contributed by atoms with van der Waals surface area (Å²) in [6.07, 6.45) is 10.1. The Morgan fingerprint density at radius 2 is 1.77 bits per heavy atom. The van der Waals surface area contributed by atoms with Crippen LogP contribution >= 0.6 is 0 Å². The lowest BCUT2D eigenvalue weighted by atomic mass is 9.45. The molecule has 0 aliphatic heterocycles. The summed E-state index contributed by atoms with van der Waals surface area (Å²) in [7, 11) is 0. The predicted molar refractivity (Wildman–Crippen MR) is 88.3 cm³/mol. The molecule has 4 aliphatic carbocycles. The van der Waals surface area contributed by atoms with Gasteiger partial charge in [0, 0.05) is 0 Å². The summed E-state index contributed by atoms with van der Waals surface area (Å²) in [4.78, 5) is 0. The highest BCUT2D eigenvalue weighted by Gasteiger charge is 2.60. The highest BCUT2D eigenvalue weighted by atomic mass is 16.3. The van der Waals surface area contributed by atoms with Gasteiger partial charge in [-0.1, -0.05) is 25.5 Å². The Bertz CT molecular complexity index is 498. The minimum Gasteiger partial charge on any atom is -0.393 e. The van der Waals surface area contributed by atoms with Gasteiger partial charge in [0.15, 0.2) is 0 Å². The summed E-state index contributed by atoms with van der Waals surface area (Å²) in [5, 5.41) is 20.7. The van der Waals surface area contributed by atoms with Crippen LogP contribution in [0.4, 0.5) is 0 Å². The van der Waals surface area contributed by atoms with Crippen LogP contribution in [0.15, 0.2) is 11.6 Å². The third-order valence-electron chi connectivity index (χ3n) is 8.67. The van der Waals surface area contributed by atoms with Crippen molar-refractivity contribution in [3.05, 3.63) is 11.6 Å². The van der Waals surface area contributed by atoms with Crippen LogP contribution in [0.2, 0.25) is 0 Å². The average molecular weight is 304 g/mol. The molecule has 4 rings (SSSR count). The van der Waals surface area contributed by atoms with E-state index in [2.05, 4.69) is 26.8 Å². The van der Waals surface area contributed by atoms with E-state index in [1.807, 2.05) is 0 Å². The van der Waals surface area contributed by atoms with E-state index in [9.17, 15) is 10.2 Å². The van der Waals surface area contributed by atoms with E-state index in [0.29, 0.717) is 5.92 Å². The number of aliphatic hydroxyl groups is 2. The summed E-state index contributed by atoms with van der Waals surface area (Å²) < 4.78 is 0. The molecule has 0 amide bonds. The molecule has 4 aliphatic rings. The SMILES string of the molecule is CC1=C[C@H](O)C[C@@H]2CC[C@H]3[C@@H]4CC[C@H](O)[C@@]4(C)CC[C@@H]3[C@@]12C. The van der Waals surface area contributed by atoms with Crippen molar-refractivity contribution in [2.45, 2.75) is 77.9 Å². The van der Waals surface area contributed by atoms with Crippen molar-refractivity contribution in [2.75, 3.05) is 0 Å². The van der Waals surface area contributed by atoms with E-state index in [4.69, 9.17) is 0 Å². The normalized spacial score (nSPS) is 57.6. The van der Waals surface area contributed by atoms with Gasteiger partial charge in [-0.15, -0.1) is 0 Å². The van der Waals surface area contributed by atoms with Gasteiger partial charge in [-0.25, -0.2) is 0 Å². The van der Waals surface area contributed by atoms with Crippen LogP contribution in [-0.2, 0) is 0 Å². The monoisotopic (exact) mass is 304 g/mol. The zero-order valence-corrected chi connectivity index (χ0v) is 14.4. The third-order valence-corrected chi connectivity index (χ3v) is 8.67. The molecule has 2 nitrogen and oxygen atoms in total. The first-order valence-corrected chi connectivity index (χ1v) is 9.42. The van der Waals surface area contributed by atoms with Crippen molar-refractivity contribution in [1.82, 2.24) is 0 Å². The molecule has 22 heavy (non-hydrogen) atoms. The zero-order chi connectivity index (χ0) is 15.7. The smallest absolute Gasteiger partial charge is 0.0726 e. The molecule has 0 heterocycles. The molecule has 0 aromatic rings. The Kier molecular flexibility index (Phi) is 3.34. The van der Waals surface area contributed by atoms with Crippen LogP contribution in [0.1, 0.15) is 65.7 Å². The highest BCUT2D eigenvalue weighted by molar-refractivity contribution is 5.24. The van der Waals surface area contributed by atoms with Crippen molar-refractivity contribution >= 4 is 0 Å². The van der Waals surface area contributed by atoms with E-state index in [0.717, 1.165) is 30.6 Å². The molecule has 0 aromatic carbocycles. The van der Waals surface area contributed by atoms with Gasteiger partial charge in [0.1, 0.15) is 0 Å². The highest BCUT2D eigenvalue weighted by Crippen LogP contribution is 2.66. The second-order valence-corrected chi connectivity index (χ2v) is 9.22. The standard InChI is InChI=1S/C20H32O2/c1-12-10-14(21)11-13-4-5-15-16-6-7-18(22)19(16,2)9-8-17(15)20(12,13)3/h10,13-18,21-22H,4-9,11H2,1-3H3/t13-,14-,15-,16-,17-,18-,19-,20-/m0/s1. The minimum atomic E-state index is -0.225. The quantitative estimate of drug-likeness (QED) is 0.666. The minimum absolute atomic E-state index is 0.0752. The van der Waals surface area contributed by atoms with Gasteiger partial charge in [-0.2, -0.15) is 0 Å². The fourth-order valence-electron chi connectivity index (χ4n) is 7.21. The molecule has 3 fully saturated rings. The summed E-state index contributed by atoms with van der Waals surface area (Å²) in [5.41, 5.74) is 1.90. The molecule has 2 N–H and O–H groups in total. The maximum absolute atomic E-state index is 10.5. The van der Waals surface area contributed by atoms with Gasteiger partial charge in [0.2, 0.25) is 0 Å². The van der Waals surface area contributed by atoms with E-state index in [1.54, 1.807) is 0 Å². The Morgan fingerprint density at radius 1 is 1.00 bits per heavy atom. The predicted octanol–water partition coefficient (Wildman–Crippen LogP) is 3.92. The van der Waals surface area contributed by atoms with E-state index in [-0.39, 0.29) is 23.0 Å². The molecule has 0 bridgehead atoms. The van der Waals surface area contributed by atoms with Gasteiger partial charge in [0.05, 0.1) is 12.2 Å².